The van der Waals surface area contributed by atoms with Gasteiger partial charge in [0.05, 0.1) is 6.54 Å². The first-order valence-corrected chi connectivity index (χ1v) is 5.94. The number of aromatic nitrogens is 2. The van der Waals surface area contributed by atoms with Crippen LogP contribution in [0.15, 0.2) is 29.0 Å². The summed E-state index contributed by atoms with van der Waals surface area (Å²) in [5.41, 5.74) is 2.25. The second-order valence-corrected chi connectivity index (χ2v) is 4.66. The van der Waals surface area contributed by atoms with E-state index in [1.54, 1.807) is 0 Å². The van der Waals surface area contributed by atoms with E-state index >= 15 is 0 Å². The van der Waals surface area contributed by atoms with Gasteiger partial charge in [-0.1, -0.05) is 19.0 Å². The number of hydrogen-bond donors (Lipinski definition) is 1. The third kappa shape index (κ3) is 3.46. The minimum absolute atomic E-state index is 0.511. The van der Waals surface area contributed by atoms with Crippen molar-refractivity contribution in [1.29, 1.82) is 0 Å². The molecule has 0 aliphatic rings. The van der Waals surface area contributed by atoms with E-state index in [4.69, 9.17) is 4.52 Å². The van der Waals surface area contributed by atoms with E-state index in [1.807, 2.05) is 13.0 Å². The van der Waals surface area contributed by atoms with Gasteiger partial charge in [0.1, 0.15) is 11.5 Å². The SMILES string of the molecule is Cc1cc(Cn2ccc(CNC(C)C)c2)no1. The Balaban J connectivity index is 1.94. The van der Waals surface area contributed by atoms with Gasteiger partial charge in [-0.15, -0.1) is 0 Å². The summed E-state index contributed by atoms with van der Waals surface area (Å²) >= 11 is 0. The van der Waals surface area contributed by atoms with E-state index in [0.29, 0.717) is 6.04 Å². The first-order valence-electron chi connectivity index (χ1n) is 5.94. The Bertz CT molecular complexity index is 470. The van der Waals surface area contributed by atoms with Crippen LogP contribution >= 0.6 is 0 Å². The summed E-state index contributed by atoms with van der Waals surface area (Å²) in [5.74, 6) is 0.855. The molecule has 0 amide bonds. The van der Waals surface area contributed by atoms with Crippen LogP contribution in [0.4, 0.5) is 0 Å². The summed E-state index contributed by atoms with van der Waals surface area (Å²) in [6.07, 6.45) is 4.21. The molecule has 2 rings (SSSR count). The monoisotopic (exact) mass is 233 g/mol. The summed E-state index contributed by atoms with van der Waals surface area (Å²) in [6.45, 7) is 7.87. The molecule has 2 aromatic heterocycles. The van der Waals surface area contributed by atoms with E-state index in [2.05, 4.69) is 47.3 Å². The highest BCUT2D eigenvalue weighted by Gasteiger charge is 2.02. The summed E-state index contributed by atoms with van der Waals surface area (Å²) in [7, 11) is 0. The molecule has 0 unspecified atom stereocenters. The zero-order valence-corrected chi connectivity index (χ0v) is 10.6. The van der Waals surface area contributed by atoms with E-state index in [0.717, 1.165) is 24.5 Å². The lowest BCUT2D eigenvalue weighted by molar-refractivity contribution is 0.389. The second-order valence-electron chi connectivity index (χ2n) is 4.66. The van der Waals surface area contributed by atoms with Gasteiger partial charge in [0.15, 0.2) is 0 Å². The topological polar surface area (TPSA) is 43.0 Å². The molecule has 0 spiro atoms. The fourth-order valence-corrected chi connectivity index (χ4v) is 1.69. The molecule has 0 saturated heterocycles. The Hall–Kier alpha value is -1.55. The van der Waals surface area contributed by atoms with Crippen LogP contribution in [0.25, 0.3) is 0 Å². The van der Waals surface area contributed by atoms with Crippen molar-refractivity contribution in [3.63, 3.8) is 0 Å². The largest absolute Gasteiger partial charge is 0.361 e. The van der Waals surface area contributed by atoms with Crippen LogP contribution in [0.1, 0.15) is 30.9 Å². The van der Waals surface area contributed by atoms with Gasteiger partial charge in [0, 0.05) is 31.0 Å². The molecule has 0 aromatic carbocycles. The fraction of sp³-hybridized carbons (Fsp3) is 0.462. The summed E-state index contributed by atoms with van der Waals surface area (Å²) < 4.78 is 7.17. The molecule has 92 valence electrons. The minimum atomic E-state index is 0.511. The summed E-state index contributed by atoms with van der Waals surface area (Å²) in [5, 5.41) is 7.38. The normalized spacial score (nSPS) is 11.3. The maximum Gasteiger partial charge on any atom is 0.133 e. The lowest BCUT2D eigenvalue weighted by Crippen LogP contribution is -2.21. The molecule has 0 bridgehead atoms. The quantitative estimate of drug-likeness (QED) is 0.862. The van der Waals surface area contributed by atoms with Crippen molar-refractivity contribution in [3.05, 3.63) is 41.5 Å². The third-order valence-corrected chi connectivity index (χ3v) is 2.55. The van der Waals surface area contributed by atoms with Crippen LogP contribution < -0.4 is 5.32 Å². The van der Waals surface area contributed by atoms with Gasteiger partial charge in [-0.2, -0.15) is 0 Å². The Kier molecular flexibility index (Phi) is 3.64. The Labute approximate surface area is 102 Å². The number of nitrogens with one attached hydrogen (secondary N) is 1. The molecule has 1 N–H and O–H groups in total. The highest BCUT2D eigenvalue weighted by Crippen LogP contribution is 2.07. The van der Waals surface area contributed by atoms with Gasteiger partial charge in [-0.25, -0.2) is 0 Å². The zero-order valence-electron chi connectivity index (χ0n) is 10.6. The smallest absolute Gasteiger partial charge is 0.133 e. The van der Waals surface area contributed by atoms with Crippen LogP contribution in [-0.2, 0) is 13.1 Å². The Morgan fingerprint density at radius 3 is 2.94 bits per heavy atom. The van der Waals surface area contributed by atoms with E-state index in [-0.39, 0.29) is 0 Å². The van der Waals surface area contributed by atoms with Crippen molar-refractivity contribution in [1.82, 2.24) is 15.0 Å². The van der Waals surface area contributed by atoms with E-state index in [1.165, 1.54) is 5.56 Å². The van der Waals surface area contributed by atoms with Crippen LogP contribution in [0, 0.1) is 6.92 Å². The lowest BCUT2D eigenvalue weighted by Gasteiger charge is -2.05. The minimum Gasteiger partial charge on any atom is -0.361 e. The molecule has 0 aliphatic carbocycles. The number of rotatable bonds is 5. The van der Waals surface area contributed by atoms with Gasteiger partial charge in [-0.05, 0) is 18.6 Å². The van der Waals surface area contributed by atoms with Gasteiger partial charge in [0.2, 0.25) is 0 Å². The molecule has 0 atom stereocenters. The zero-order chi connectivity index (χ0) is 12.3. The van der Waals surface area contributed by atoms with Gasteiger partial charge in [-0.3, -0.25) is 0 Å². The van der Waals surface area contributed by atoms with E-state index < -0.39 is 0 Å². The molecule has 4 nitrogen and oxygen atoms in total. The predicted molar refractivity (Wildman–Crippen MR) is 66.7 cm³/mol. The summed E-state index contributed by atoms with van der Waals surface area (Å²) in [4.78, 5) is 0. The molecular weight excluding hydrogens is 214 g/mol. The predicted octanol–water partition coefficient (Wildman–Crippen LogP) is 2.33. The van der Waals surface area contributed by atoms with Crippen molar-refractivity contribution in [3.8, 4) is 0 Å². The summed E-state index contributed by atoms with van der Waals surface area (Å²) in [6, 6.07) is 4.60. The van der Waals surface area contributed by atoms with Crippen molar-refractivity contribution in [2.45, 2.75) is 39.9 Å². The maximum absolute atomic E-state index is 5.05. The fourth-order valence-electron chi connectivity index (χ4n) is 1.69. The number of aryl methyl sites for hydroxylation is 1. The molecule has 0 radical (unpaired) electrons. The highest BCUT2D eigenvalue weighted by molar-refractivity contribution is 5.12. The van der Waals surface area contributed by atoms with E-state index in [9.17, 15) is 0 Å². The Morgan fingerprint density at radius 2 is 2.29 bits per heavy atom. The average molecular weight is 233 g/mol. The third-order valence-electron chi connectivity index (χ3n) is 2.55. The lowest BCUT2D eigenvalue weighted by atomic mass is 10.3. The maximum atomic E-state index is 5.05. The first kappa shape index (κ1) is 11.9. The van der Waals surface area contributed by atoms with Gasteiger partial charge < -0.3 is 14.4 Å². The van der Waals surface area contributed by atoms with Crippen LogP contribution in [-0.4, -0.2) is 15.8 Å². The molecule has 0 aliphatic heterocycles. The molecule has 4 heteroatoms. The van der Waals surface area contributed by atoms with Crippen LogP contribution in [0.2, 0.25) is 0 Å². The molecule has 2 aromatic rings. The van der Waals surface area contributed by atoms with Crippen molar-refractivity contribution >= 4 is 0 Å². The van der Waals surface area contributed by atoms with Gasteiger partial charge in [0.25, 0.3) is 0 Å². The molecule has 17 heavy (non-hydrogen) atoms. The van der Waals surface area contributed by atoms with Crippen molar-refractivity contribution < 1.29 is 4.52 Å². The number of nitrogens with zero attached hydrogens (tertiary/aromatic N) is 2. The second kappa shape index (κ2) is 5.19. The van der Waals surface area contributed by atoms with Crippen LogP contribution in [0.3, 0.4) is 0 Å². The first-order chi connectivity index (χ1) is 8.13. The van der Waals surface area contributed by atoms with Crippen LogP contribution in [0.5, 0.6) is 0 Å². The standard InChI is InChI=1S/C13H19N3O/c1-10(2)14-7-12-4-5-16(8-12)9-13-6-11(3)17-15-13/h4-6,8,10,14H,7,9H2,1-3H3. The number of hydrogen-bond acceptors (Lipinski definition) is 3. The molecule has 2 heterocycles. The van der Waals surface area contributed by atoms with Crippen molar-refractivity contribution in [2.24, 2.45) is 0 Å². The van der Waals surface area contributed by atoms with Gasteiger partial charge >= 0.3 is 0 Å². The Morgan fingerprint density at radius 1 is 1.47 bits per heavy atom. The highest BCUT2D eigenvalue weighted by atomic mass is 16.5. The van der Waals surface area contributed by atoms with Crippen molar-refractivity contribution in [2.75, 3.05) is 0 Å². The molecular formula is C13H19N3O. The molecule has 0 saturated carbocycles. The molecule has 0 fully saturated rings. The average Bonchev–Trinajstić information content (AvgIpc) is 2.86.